The smallest absolute Gasteiger partial charge is 0.217 e. The van der Waals surface area contributed by atoms with Gasteiger partial charge in [0.2, 0.25) is 11.8 Å². The maximum atomic E-state index is 12.0. The molecule has 2 amide bonds. The van der Waals surface area contributed by atoms with Gasteiger partial charge in [-0.15, -0.1) is 0 Å². The summed E-state index contributed by atoms with van der Waals surface area (Å²) in [5.74, 6) is 2.44. The number of carbonyl (C=O) groups excluding carboxylic acids is 2. The fraction of sp³-hybridized carbons (Fsp3) is 0.944. The summed E-state index contributed by atoms with van der Waals surface area (Å²) >= 11 is 0. The Morgan fingerprint density at radius 3 is 1.67 bits per heavy atom. The molecular formula is C36H74N2O6Si2. The van der Waals surface area contributed by atoms with Crippen molar-refractivity contribution in [2.45, 2.75) is 163 Å². The lowest BCUT2D eigenvalue weighted by atomic mass is 9.70. The average Bonchev–Trinajstić information content (AvgIpc) is 2.91. The van der Waals surface area contributed by atoms with E-state index >= 15 is 0 Å². The molecule has 10 heteroatoms. The average molecular weight is 687 g/mol. The highest BCUT2D eigenvalue weighted by Crippen LogP contribution is 2.47. The highest BCUT2D eigenvalue weighted by atomic mass is 28.4. The molecule has 0 aromatic carbocycles. The fourth-order valence-electron chi connectivity index (χ4n) is 6.79. The van der Waals surface area contributed by atoms with Crippen LogP contribution in [-0.2, 0) is 18.4 Å². The van der Waals surface area contributed by atoms with Gasteiger partial charge in [-0.25, -0.2) is 0 Å². The highest BCUT2D eigenvalue weighted by Gasteiger charge is 2.48. The lowest BCUT2D eigenvalue weighted by Gasteiger charge is -2.50. The predicted octanol–water partition coefficient (Wildman–Crippen LogP) is 6.97. The summed E-state index contributed by atoms with van der Waals surface area (Å²) in [6.45, 7) is 38.2. The minimum atomic E-state index is -1.95. The Labute approximate surface area is 285 Å². The summed E-state index contributed by atoms with van der Waals surface area (Å²) in [4.78, 5) is 23.0. The van der Waals surface area contributed by atoms with E-state index < -0.39 is 22.7 Å². The number of nitrogens with one attached hydrogen (secondary N) is 2. The second-order valence-electron chi connectivity index (χ2n) is 17.7. The minimum Gasteiger partial charge on any atom is -0.417 e. The predicted molar refractivity (Wildman–Crippen MR) is 196 cm³/mol. The zero-order chi connectivity index (χ0) is 36.2. The third kappa shape index (κ3) is 10.9. The van der Waals surface area contributed by atoms with Crippen molar-refractivity contribution in [2.24, 2.45) is 41.4 Å². The van der Waals surface area contributed by atoms with Crippen LogP contribution in [0.4, 0.5) is 0 Å². The van der Waals surface area contributed by atoms with Gasteiger partial charge in [-0.2, -0.15) is 0 Å². The number of aliphatic hydroxyl groups excluding tert-OH is 2. The summed E-state index contributed by atoms with van der Waals surface area (Å²) in [5.41, 5.74) is 0. The molecule has 10 atom stereocenters. The van der Waals surface area contributed by atoms with Crippen LogP contribution >= 0.6 is 0 Å². The maximum Gasteiger partial charge on any atom is 0.217 e. The Bertz CT molecular complexity index is 982. The standard InChI is InChI=1S/C25H53NO3Si2.C11H21NO3/c1-17(2)25(9,10)31(13,14)28-16-21-15-22(29-30(11,12)24(6,7)8)23(26-20(5)27)19(4)18(21)3;1-6-7(2)11(12-8(3)14)10(15)4-9(6)5-13/h17-19,21-23H,15-16H2,1-14H3,(H,26,27);6-7,9-11,13,15H,4-5H2,1-3H3,(H,12,14). The normalized spacial score (nSPS) is 32.8. The van der Waals surface area contributed by atoms with Crippen molar-refractivity contribution >= 4 is 28.4 Å². The molecule has 2 fully saturated rings. The molecule has 0 aromatic rings. The first-order valence-corrected chi connectivity index (χ1v) is 23.7. The first-order chi connectivity index (χ1) is 20.7. The Morgan fingerprint density at radius 1 is 0.783 bits per heavy atom. The Hall–Kier alpha value is -0.786. The molecule has 272 valence electrons. The number of amides is 2. The van der Waals surface area contributed by atoms with E-state index in [1.807, 2.05) is 6.92 Å². The molecule has 46 heavy (non-hydrogen) atoms. The number of hydrogen-bond donors (Lipinski definition) is 4. The van der Waals surface area contributed by atoms with Crippen LogP contribution in [0.1, 0.15) is 103 Å². The van der Waals surface area contributed by atoms with Crippen molar-refractivity contribution < 1.29 is 28.7 Å². The number of aliphatic hydroxyl groups is 2. The van der Waals surface area contributed by atoms with E-state index in [1.54, 1.807) is 6.92 Å². The van der Waals surface area contributed by atoms with Crippen LogP contribution in [-0.4, -0.2) is 76.2 Å². The van der Waals surface area contributed by atoms with Gasteiger partial charge in [-0.1, -0.05) is 76.2 Å². The molecule has 10 unspecified atom stereocenters. The molecule has 0 aliphatic heterocycles. The molecule has 2 aliphatic rings. The van der Waals surface area contributed by atoms with Gasteiger partial charge in [0.15, 0.2) is 16.6 Å². The monoisotopic (exact) mass is 687 g/mol. The summed E-state index contributed by atoms with van der Waals surface area (Å²) in [6, 6.07) is -0.115. The zero-order valence-electron chi connectivity index (χ0n) is 32.7. The fourth-order valence-corrected chi connectivity index (χ4v) is 10.5. The van der Waals surface area contributed by atoms with E-state index in [2.05, 4.69) is 106 Å². The van der Waals surface area contributed by atoms with E-state index in [9.17, 15) is 14.7 Å². The van der Waals surface area contributed by atoms with Crippen molar-refractivity contribution in [2.75, 3.05) is 13.2 Å². The zero-order valence-corrected chi connectivity index (χ0v) is 34.7. The summed E-state index contributed by atoms with van der Waals surface area (Å²) in [6.07, 6.45) is 1.02. The molecule has 0 aromatic heterocycles. The summed E-state index contributed by atoms with van der Waals surface area (Å²) in [7, 11) is -3.83. The maximum absolute atomic E-state index is 12.0. The van der Waals surface area contributed by atoms with Gasteiger partial charge in [0, 0.05) is 27.1 Å². The van der Waals surface area contributed by atoms with Crippen LogP contribution in [0.3, 0.4) is 0 Å². The first kappa shape index (κ1) is 43.2. The molecule has 0 saturated heterocycles. The molecule has 0 heterocycles. The second-order valence-corrected chi connectivity index (χ2v) is 27.1. The van der Waals surface area contributed by atoms with Gasteiger partial charge in [0.05, 0.1) is 24.3 Å². The van der Waals surface area contributed by atoms with Crippen LogP contribution < -0.4 is 10.6 Å². The molecule has 8 nitrogen and oxygen atoms in total. The minimum absolute atomic E-state index is 0.0369. The van der Waals surface area contributed by atoms with Gasteiger partial charge < -0.3 is 29.7 Å². The van der Waals surface area contributed by atoms with E-state index in [0.717, 1.165) is 13.0 Å². The first-order valence-electron chi connectivity index (χ1n) is 17.9. The molecule has 2 saturated carbocycles. The van der Waals surface area contributed by atoms with E-state index in [-0.39, 0.29) is 58.5 Å². The summed E-state index contributed by atoms with van der Waals surface area (Å²) < 4.78 is 13.7. The van der Waals surface area contributed by atoms with Crippen LogP contribution in [0, 0.1) is 41.4 Å². The lowest BCUT2D eigenvalue weighted by molar-refractivity contribution is -0.123. The van der Waals surface area contributed by atoms with Crippen LogP contribution in [0.2, 0.25) is 36.3 Å². The second kappa shape index (κ2) is 16.7. The highest BCUT2D eigenvalue weighted by molar-refractivity contribution is 6.74. The molecule has 2 aliphatic carbocycles. The summed E-state index contributed by atoms with van der Waals surface area (Å²) in [5, 5.41) is 25.4. The Kier molecular flexibility index (Phi) is 15.7. The van der Waals surface area contributed by atoms with E-state index in [0.29, 0.717) is 36.0 Å². The van der Waals surface area contributed by atoms with Crippen molar-refractivity contribution in [1.82, 2.24) is 10.6 Å². The van der Waals surface area contributed by atoms with Gasteiger partial charge in [-0.05, 0) is 90.5 Å². The Balaban J connectivity index is 0.000000587. The van der Waals surface area contributed by atoms with Gasteiger partial charge in [0.1, 0.15) is 0 Å². The van der Waals surface area contributed by atoms with E-state index in [4.69, 9.17) is 14.0 Å². The molecule has 0 spiro atoms. The molecule has 0 bridgehead atoms. The number of rotatable bonds is 10. The van der Waals surface area contributed by atoms with Gasteiger partial charge >= 0.3 is 0 Å². The topological polar surface area (TPSA) is 117 Å². The lowest BCUT2D eigenvalue weighted by Crippen LogP contribution is -2.59. The SMILES string of the molecule is CC(=O)NC1C(O)CC(CO)C(C)C1C.CC(=O)NC1C(O[Si](C)(C)C(C)(C)C)CC(CO[Si](C)(C)C(C)(C)C(C)C)C(C)C1C. The number of hydrogen-bond acceptors (Lipinski definition) is 6. The van der Waals surface area contributed by atoms with E-state index in [1.165, 1.54) is 6.92 Å². The Morgan fingerprint density at radius 2 is 1.24 bits per heavy atom. The van der Waals surface area contributed by atoms with Crippen LogP contribution in [0.25, 0.3) is 0 Å². The molecule has 4 N–H and O–H groups in total. The van der Waals surface area contributed by atoms with Crippen LogP contribution in [0.15, 0.2) is 0 Å². The van der Waals surface area contributed by atoms with Crippen molar-refractivity contribution in [3.8, 4) is 0 Å². The van der Waals surface area contributed by atoms with Crippen molar-refractivity contribution in [1.29, 1.82) is 0 Å². The third-order valence-electron chi connectivity index (χ3n) is 13.1. The van der Waals surface area contributed by atoms with Crippen molar-refractivity contribution in [3.63, 3.8) is 0 Å². The number of carbonyl (C=O) groups is 2. The molecule has 2 rings (SSSR count). The van der Waals surface area contributed by atoms with Crippen LogP contribution in [0.5, 0.6) is 0 Å². The van der Waals surface area contributed by atoms with Gasteiger partial charge in [0.25, 0.3) is 0 Å². The van der Waals surface area contributed by atoms with Crippen molar-refractivity contribution in [3.05, 3.63) is 0 Å². The third-order valence-corrected chi connectivity index (χ3v) is 22.1. The molecular weight excluding hydrogens is 613 g/mol. The molecule has 0 radical (unpaired) electrons. The largest absolute Gasteiger partial charge is 0.417 e. The quantitative estimate of drug-likeness (QED) is 0.185. The van der Waals surface area contributed by atoms with Gasteiger partial charge in [-0.3, -0.25) is 9.59 Å².